The van der Waals surface area contributed by atoms with Gasteiger partial charge >= 0.3 is 0 Å². The number of benzene rings is 2. The molecular weight excluding hydrogens is 424 g/mol. The van der Waals surface area contributed by atoms with Crippen LogP contribution in [0, 0.1) is 13.8 Å². The third-order valence-corrected chi connectivity index (χ3v) is 5.46. The second kappa shape index (κ2) is 11.0. The first-order valence-electron chi connectivity index (χ1n) is 11.3. The van der Waals surface area contributed by atoms with Crippen LogP contribution >= 0.6 is 0 Å². The summed E-state index contributed by atoms with van der Waals surface area (Å²) >= 11 is 0. The quantitative estimate of drug-likeness (QED) is 0.305. The number of hydrogen-bond acceptors (Lipinski definition) is 6. The van der Waals surface area contributed by atoms with Crippen LogP contribution in [0.15, 0.2) is 79.3 Å². The predicted molar refractivity (Wildman–Crippen MR) is 136 cm³/mol. The van der Waals surface area contributed by atoms with Gasteiger partial charge in [0.2, 0.25) is 5.95 Å². The average Bonchev–Trinajstić information content (AvgIpc) is 2.87. The minimum atomic E-state index is -0.107. The van der Waals surface area contributed by atoms with Gasteiger partial charge in [-0.3, -0.25) is 9.78 Å². The number of amides is 1. The molecule has 0 aliphatic heterocycles. The molecule has 0 aliphatic carbocycles. The van der Waals surface area contributed by atoms with Crippen molar-refractivity contribution in [2.45, 2.75) is 20.3 Å². The van der Waals surface area contributed by atoms with E-state index in [9.17, 15) is 4.79 Å². The zero-order chi connectivity index (χ0) is 23.8. The van der Waals surface area contributed by atoms with Gasteiger partial charge in [-0.1, -0.05) is 24.3 Å². The summed E-state index contributed by atoms with van der Waals surface area (Å²) in [4.78, 5) is 25.7. The third kappa shape index (κ3) is 5.95. The third-order valence-electron chi connectivity index (χ3n) is 5.46. The van der Waals surface area contributed by atoms with E-state index >= 15 is 0 Å². The molecule has 7 heteroatoms. The minimum Gasteiger partial charge on any atom is -0.385 e. The number of aromatic nitrogens is 3. The van der Waals surface area contributed by atoms with Crippen molar-refractivity contribution >= 4 is 23.2 Å². The van der Waals surface area contributed by atoms with Crippen LogP contribution in [-0.4, -0.2) is 33.9 Å². The summed E-state index contributed by atoms with van der Waals surface area (Å²) in [7, 11) is 0. The van der Waals surface area contributed by atoms with Crippen LogP contribution in [0.1, 0.15) is 27.9 Å². The first-order valence-corrected chi connectivity index (χ1v) is 11.3. The van der Waals surface area contributed by atoms with E-state index in [2.05, 4.69) is 50.0 Å². The van der Waals surface area contributed by atoms with Gasteiger partial charge in [0, 0.05) is 54.2 Å². The molecule has 2 heterocycles. The topological polar surface area (TPSA) is 91.8 Å². The predicted octanol–water partition coefficient (Wildman–Crippen LogP) is 5.13. The lowest BCUT2D eigenvalue weighted by Crippen LogP contribution is -2.26. The Morgan fingerprint density at radius 3 is 2.56 bits per heavy atom. The van der Waals surface area contributed by atoms with E-state index in [0.717, 1.165) is 41.2 Å². The molecule has 0 aliphatic rings. The Morgan fingerprint density at radius 1 is 0.882 bits per heavy atom. The van der Waals surface area contributed by atoms with E-state index in [1.54, 1.807) is 18.6 Å². The highest BCUT2D eigenvalue weighted by Crippen LogP contribution is 2.22. The smallest absolute Gasteiger partial charge is 0.251 e. The first kappa shape index (κ1) is 22.9. The van der Waals surface area contributed by atoms with Crippen molar-refractivity contribution in [2.24, 2.45) is 0 Å². The number of pyridine rings is 1. The van der Waals surface area contributed by atoms with Crippen molar-refractivity contribution in [1.82, 2.24) is 20.3 Å². The number of para-hydroxylation sites is 1. The van der Waals surface area contributed by atoms with Crippen molar-refractivity contribution < 1.29 is 4.79 Å². The zero-order valence-corrected chi connectivity index (χ0v) is 19.4. The van der Waals surface area contributed by atoms with Gasteiger partial charge in [0.25, 0.3) is 5.91 Å². The lowest BCUT2D eigenvalue weighted by Gasteiger charge is -2.12. The summed E-state index contributed by atoms with van der Waals surface area (Å²) in [6.07, 6.45) is 6.02. The maximum absolute atomic E-state index is 12.7. The molecule has 7 nitrogen and oxygen atoms in total. The molecule has 0 spiro atoms. The Morgan fingerprint density at radius 2 is 1.74 bits per heavy atom. The van der Waals surface area contributed by atoms with Crippen LogP contribution in [0.25, 0.3) is 11.3 Å². The summed E-state index contributed by atoms with van der Waals surface area (Å²) in [5.41, 5.74) is 6.39. The summed E-state index contributed by atoms with van der Waals surface area (Å²) in [6, 6.07) is 19.4. The molecule has 4 aromatic rings. The highest BCUT2D eigenvalue weighted by atomic mass is 16.1. The fourth-order valence-electron chi connectivity index (χ4n) is 3.50. The second-order valence-corrected chi connectivity index (χ2v) is 8.01. The Bertz CT molecular complexity index is 1260. The zero-order valence-electron chi connectivity index (χ0n) is 19.4. The van der Waals surface area contributed by atoms with Gasteiger partial charge in [-0.25, -0.2) is 9.97 Å². The van der Waals surface area contributed by atoms with E-state index in [0.29, 0.717) is 18.1 Å². The minimum absolute atomic E-state index is 0.107. The average molecular weight is 453 g/mol. The lowest BCUT2D eigenvalue weighted by atomic mass is 10.1. The van der Waals surface area contributed by atoms with E-state index in [1.165, 1.54) is 5.56 Å². The highest BCUT2D eigenvalue weighted by Gasteiger charge is 2.10. The fraction of sp³-hybridized carbons (Fsp3) is 0.185. The van der Waals surface area contributed by atoms with Gasteiger partial charge < -0.3 is 16.0 Å². The van der Waals surface area contributed by atoms with Gasteiger partial charge in [-0.2, -0.15) is 0 Å². The number of rotatable bonds is 9. The second-order valence-electron chi connectivity index (χ2n) is 8.01. The van der Waals surface area contributed by atoms with Gasteiger partial charge in [-0.15, -0.1) is 0 Å². The van der Waals surface area contributed by atoms with Crippen molar-refractivity contribution in [3.8, 4) is 11.3 Å². The number of nitrogens with zero attached hydrogens (tertiary/aromatic N) is 3. The monoisotopic (exact) mass is 452 g/mol. The lowest BCUT2D eigenvalue weighted by molar-refractivity contribution is 0.0953. The molecule has 0 saturated heterocycles. The van der Waals surface area contributed by atoms with Crippen LogP contribution in [0.2, 0.25) is 0 Å². The molecule has 0 bridgehead atoms. The van der Waals surface area contributed by atoms with E-state index in [-0.39, 0.29) is 5.91 Å². The Balaban J connectivity index is 1.34. The first-order chi connectivity index (χ1) is 16.6. The largest absolute Gasteiger partial charge is 0.385 e. The summed E-state index contributed by atoms with van der Waals surface area (Å²) < 4.78 is 0. The number of aryl methyl sites for hydroxylation is 2. The molecule has 0 atom stereocenters. The van der Waals surface area contributed by atoms with Gasteiger partial charge in [-0.05, 0) is 67.8 Å². The Hall–Kier alpha value is -4.26. The van der Waals surface area contributed by atoms with Crippen LogP contribution < -0.4 is 16.0 Å². The molecule has 172 valence electrons. The van der Waals surface area contributed by atoms with Crippen molar-refractivity contribution in [2.75, 3.05) is 23.7 Å². The Labute approximate surface area is 199 Å². The maximum Gasteiger partial charge on any atom is 0.251 e. The molecular formula is C27H28N6O. The number of anilines is 3. The fourth-order valence-corrected chi connectivity index (χ4v) is 3.50. The molecule has 4 rings (SSSR count). The number of carbonyl (C=O) groups is 1. The van der Waals surface area contributed by atoms with Crippen molar-refractivity contribution in [3.05, 3.63) is 95.9 Å². The van der Waals surface area contributed by atoms with E-state index < -0.39 is 0 Å². The maximum atomic E-state index is 12.7. The molecule has 1 amide bonds. The van der Waals surface area contributed by atoms with E-state index in [4.69, 9.17) is 0 Å². The van der Waals surface area contributed by atoms with Crippen LogP contribution in [0.3, 0.4) is 0 Å². The number of hydrogen-bond donors (Lipinski definition) is 3. The number of carbonyl (C=O) groups excluding carboxylic acids is 1. The molecule has 2 aromatic carbocycles. The summed E-state index contributed by atoms with van der Waals surface area (Å²) in [5.74, 6) is 0.355. The van der Waals surface area contributed by atoms with Gasteiger partial charge in [0.05, 0.1) is 5.69 Å². The normalized spacial score (nSPS) is 10.5. The van der Waals surface area contributed by atoms with Crippen LogP contribution in [0.5, 0.6) is 0 Å². The molecule has 0 saturated carbocycles. The van der Waals surface area contributed by atoms with Gasteiger partial charge in [0.1, 0.15) is 0 Å². The number of nitrogens with one attached hydrogen (secondary N) is 3. The van der Waals surface area contributed by atoms with Crippen LogP contribution in [0.4, 0.5) is 17.3 Å². The summed E-state index contributed by atoms with van der Waals surface area (Å²) in [6.45, 7) is 5.43. The van der Waals surface area contributed by atoms with Crippen molar-refractivity contribution in [1.29, 1.82) is 0 Å². The van der Waals surface area contributed by atoms with Crippen LogP contribution in [-0.2, 0) is 0 Å². The highest BCUT2D eigenvalue weighted by molar-refractivity contribution is 5.95. The standard InChI is InChI=1S/C27H28N6O/c1-19-7-3-4-9-23(19)29-14-6-15-30-26(34)21-11-10-20(2)25(17-21)33-27-31-16-12-24(32-27)22-8-5-13-28-18-22/h3-5,7-13,16-18,29H,6,14-15H2,1-2H3,(H,30,34)(H,31,32,33). The SMILES string of the molecule is Cc1ccccc1NCCCNC(=O)c1ccc(C)c(Nc2nccc(-c3cccnc3)n2)c1. The molecule has 34 heavy (non-hydrogen) atoms. The van der Waals surface area contributed by atoms with E-state index in [1.807, 2.05) is 55.5 Å². The molecule has 0 unspecified atom stereocenters. The molecule has 0 fully saturated rings. The molecule has 3 N–H and O–H groups in total. The van der Waals surface area contributed by atoms with Gasteiger partial charge in [0.15, 0.2) is 0 Å². The molecule has 0 radical (unpaired) electrons. The summed E-state index contributed by atoms with van der Waals surface area (Å²) in [5, 5.41) is 9.65. The Kier molecular flexibility index (Phi) is 7.45. The van der Waals surface area contributed by atoms with Crippen molar-refractivity contribution in [3.63, 3.8) is 0 Å². The molecule has 2 aromatic heterocycles.